The van der Waals surface area contributed by atoms with E-state index in [0.717, 1.165) is 18.3 Å². The van der Waals surface area contributed by atoms with Crippen LogP contribution >= 0.6 is 0 Å². The number of anilines is 1. The van der Waals surface area contributed by atoms with Crippen molar-refractivity contribution in [1.82, 2.24) is 9.38 Å². The van der Waals surface area contributed by atoms with Gasteiger partial charge in [0.05, 0.1) is 16.6 Å². The number of rotatable bonds is 2. The molecule has 0 spiro atoms. The largest absolute Gasteiger partial charge is 0.416 e. The number of halogens is 3. The zero-order valence-corrected chi connectivity index (χ0v) is 13.0. The second-order valence-corrected chi connectivity index (χ2v) is 5.33. The van der Waals surface area contributed by atoms with Crippen molar-refractivity contribution in [3.63, 3.8) is 0 Å². The minimum atomic E-state index is -4.57. The molecule has 0 atom stereocenters. The van der Waals surface area contributed by atoms with Crippen LogP contribution < -0.4 is 10.9 Å². The summed E-state index contributed by atoms with van der Waals surface area (Å²) in [5.41, 5.74) is -1.16. The van der Waals surface area contributed by atoms with Gasteiger partial charge in [0.2, 0.25) is 11.9 Å². The fraction of sp³-hybridized carbons (Fsp3) is 0.118. The zero-order valence-electron chi connectivity index (χ0n) is 13.0. The Morgan fingerprint density at radius 1 is 1.16 bits per heavy atom. The quantitative estimate of drug-likeness (QED) is 0.773. The van der Waals surface area contributed by atoms with Crippen molar-refractivity contribution in [2.24, 2.45) is 0 Å². The Balaban J connectivity index is 2.40. The van der Waals surface area contributed by atoms with Crippen LogP contribution in [0.2, 0.25) is 0 Å². The predicted octanol–water partition coefficient (Wildman–Crippen LogP) is 3.34. The second-order valence-electron chi connectivity index (χ2n) is 5.33. The van der Waals surface area contributed by atoms with Crippen LogP contribution in [0.4, 0.5) is 19.1 Å². The molecule has 0 aliphatic carbocycles. The van der Waals surface area contributed by atoms with Crippen molar-refractivity contribution in [2.75, 3.05) is 5.32 Å². The number of carbonyl (C=O) groups is 1. The number of benzene rings is 1. The van der Waals surface area contributed by atoms with E-state index in [0.29, 0.717) is 5.56 Å². The maximum atomic E-state index is 13.1. The zero-order chi connectivity index (χ0) is 18.2. The van der Waals surface area contributed by atoms with Crippen molar-refractivity contribution in [2.45, 2.75) is 13.1 Å². The maximum absolute atomic E-state index is 13.1. The molecule has 5 nitrogen and oxygen atoms in total. The molecule has 1 N–H and O–H groups in total. The number of aromatic nitrogens is 2. The average Bonchev–Trinajstić information content (AvgIpc) is 2.54. The summed E-state index contributed by atoms with van der Waals surface area (Å²) in [5, 5.41) is 2.36. The molecule has 0 aliphatic rings. The number of fused-ring (bicyclic) bond motifs is 1. The Kier molecular flexibility index (Phi) is 4.03. The summed E-state index contributed by atoms with van der Waals surface area (Å²) in [7, 11) is 0. The molecule has 0 aliphatic heterocycles. The fourth-order valence-electron chi connectivity index (χ4n) is 2.49. The fourth-order valence-corrected chi connectivity index (χ4v) is 2.49. The van der Waals surface area contributed by atoms with Crippen LogP contribution in [0, 0.1) is 0 Å². The Bertz CT molecular complexity index is 1010. The summed E-state index contributed by atoms with van der Waals surface area (Å²) in [5.74, 6) is -0.631. The highest BCUT2D eigenvalue weighted by Crippen LogP contribution is 2.32. The van der Waals surface area contributed by atoms with Gasteiger partial charge in [-0.15, -0.1) is 0 Å². The minimum Gasteiger partial charge on any atom is -0.296 e. The lowest BCUT2D eigenvalue weighted by atomic mass is 10.1. The number of nitrogens with one attached hydrogen (secondary N) is 1. The number of hydrogen-bond donors (Lipinski definition) is 1. The highest BCUT2D eigenvalue weighted by Gasteiger charge is 2.31. The third-order valence-electron chi connectivity index (χ3n) is 3.54. The smallest absolute Gasteiger partial charge is 0.296 e. The van der Waals surface area contributed by atoms with Crippen LogP contribution in [-0.2, 0) is 11.0 Å². The number of pyridine rings is 1. The van der Waals surface area contributed by atoms with E-state index in [-0.39, 0.29) is 17.0 Å². The molecule has 0 fully saturated rings. The van der Waals surface area contributed by atoms with Crippen LogP contribution in [0.1, 0.15) is 12.5 Å². The van der Waals surface area contributed by atoms with Gasteiger partial charge in [0.25, 0.3) is 5.56 Å². The monoisotopic (exact) mass is 347 g/mol. The van der Waals surface area contributed by atoms with Crippen LogP contribution in [-0.4, -0.2) is 15.3 Å². The summed E-state index contributed by atoms with van der Waals surface area (Å²) >= 11 is 0. The van der Waals surface area contributed by atoms with E-state index >= 15 is 0 Å². The van der Waals surface area contributed by atoms with Crippen LogP contribution in [0.5, 0.6) is 0 Å². The lowest BCUT2D eigenvalue weighted by Crippen LogP contribution is -2.20. The Labute approximate surface area is 139 Å². The number of carbonyl (C=O) groups excluding carboxylic acids is 1. The Hall–Kier alpha value is -3.16. The van der Waals surface area contributed by atoms with Gasteiger partial charge in [0.15, 0.2) is 0 Å². The lowest BCUT2D eigenvalue weighted by Gasteiger charge is -2.14. The highest BCUT2D eigenvalue weighted by molar-refractivity contribution is 5.88. The van der Waals surface area contributed by atoms with E-state index in [9.17, 15) is 22.8 Å². The van der Waals surface area contributed by atoms with E-state index in [1.165, 1.54) is 11.3 Å². The third kappa shape index (κ3) is 3.23. The Morgan fingerprint density at radius 2 is 1.84 bits per heavy atom. The van der Waals surface area contributed by atoms with E-state index in [2.05, 4.69) is 10.3 Å². The number of nitrogens with zero attached hydrogens (tertiary/aromatic N) is 2. The van der Waals surface area contributed by atoms with E-state index in [4.69, 9.17) is 0 Å². The molecule has 3 aromatic rings. The molecule has 3 rings (SSSR count). The van der Waals surface area contributed by atoms with Crippen molar-refractivity contribution in [1.29, 1.82) is 0 Å². The molecular formula is C17H12F3N3O2. The first-order chi connectivity index (χ1) is 11.8. The van der Waals surface area contributed by atoms with Gasteiger partial charge in [-0.3, -0.25) is 19.3 Å². The molecule has 0 saturated carbocycles. The maximum Gasteiger partial charge on any atom is 0.416 e. The molecule has 0 saturated heterocycles. The van der Waals surface area contributed by atoms with Crippen LogP contribution in [0.15, 0.2) is 53.5 Å². The molecule has 1 aromatic carbocycles. The van der Waals surface area contributed by atoms with Crippen LogP contribution in [0.3, 0.4) is 0 Å². The average molecular weight is 347 g/mol. The van der Waals surface area contributed by atoms with Crippen molar-refractivity contribution in [3.05, 3.63) is 64.6 Å². The Morgan fingerprint density at radius 3 is 2.44 bits per heavy atom. The first-order valence-electron chi connectivity index (χ1n) is 7.24. The summed E-state index contributed by atoms with van der Waals surface area (Å²) in [6.07, 6.45) is -3.44. The first-order valence-corrected chi connectivity index (χ1v) is 7.24. The molecule has 25 heavy (non-hydrogen) atoms. The molecule has 128 valence electrons. The van der Waals surface area contributed by atoms with Gasteiger partial charge >= 0.3 is 6.18 Å². The number of amides is 1. The van der Waals surface area contributed by atoms with Gasteiger partial charge in [0, 0.05) is 13.1 Å². The van der Waals surface area contributed by atoms with Crippen molar-refractivity contribution in [3.8, 4) is 11.1 Å². The molecule has 0 radical (unpaired) electrons. The molecular weight excluding hydrogens is 335 g/mol. The van der Waals surface area contributed by atoms with Gasteiger partial charge < -0.3 is 0 Å². The molecule has 2 heterocycles. The number of alkyl halides is 3. The SMILES string of the molecule is CC(=O)Nc1nc(=O)c(-c2ccccc2)c2cc(C(F)(F)F)ccn12. The van der Waals surface area contributed by atoms with Crippen molar-refractivity contribution < 1.29 is 18.0 Å². The normalized spacial score (nSPS) is 11.5. The first kappa shape index (κ1) is 16.7. The molecule has 8 heteroatoms. The summed E-state index contributed by atoms with van der Waals surface area (Å²) in [6, 6.07) is 10.0. The van der Waals surface area contributed by atoms with Gasteiger partial charge in [-0.1, -0.05) is 30.3 Å². The second kappa shape index (κ2) is 6.04. The molecule has 0 bridgehead atoms. The van der Waals surface area contributed by atoms with Gasteiger partial charge in [-0.25, -0.2) is 0 Å². The minimum absolute atomic E-state index is 0.00442. The topological polar surface area (TPSA) is 63.5 Å². The third-order valence-corrected chi connectivity index (χ3v) is 3.54. The van der Waals surface area contributed by atoms with E-state index < -0.39 is 23.2 Å². The molecule has 2 aromatic heterocycles. The lowest BCUT2D eigenvalue weighted by molar-refractivity contribution is -0.137. The van der Waals surface area contributed by atoms with Gasteiger partial charge in [-0.05, 0) is 17.7 Å². The highest BCUT2D eigenvalue weighted by atomic mass is 19.4. The van der Waals surface area contributed by atoms with Crippen molar-refractivity contribution >= 4 is 17.4 Å². The summed E-state index contributed by atoms with van der Waals surface area (Å²) in [6.45, 7) is 1.22. The van der Waals surface area contributed by atoms with Gasteiger partial charge in [0.1, 0.15) is 0 Å². The van der Waals surface area contributed by atoms with E-state index in [1.807, 2.05) is 0 Å². The van der Waals surface area contributed by atoms with E-state index in [1.54, 1.807) is 30.3 Å². The molecule has 1 amide bonds. The van der Waals surface area contributed by atoms with Gasteiger partial charge in [-0.2, -0.15) is 18.2 Å². The standard InChI is InChI=1S/C17H12F3N3O2/c1-10(24)21-16-22-15(25)14(11-5-3-2-4-6-11)13-9-12(17(18,19)20)7-8-23(13)16/h2-9H,1H3,(H,21,22,24,25). The predicted molar refractivity (Wildman–Crippen MR) is 86.2 cm³/mol. The van der Waals surface area contributed by atoms with Crippen LogP contribution in [0.25, 0.3) is 16.6 Å². The summed E-state index contributed by atoms with van der Waals surface area (Å²) < 4.78 is 40.5. The number of hydrogen-bond acceptors (Lipinski definition) is 3. The summed E-state index contributed by atoms with van der Waals surface area (Å²) in [4.78, 5) is 27.5. The molecule has 0 unspecified atom stereocenters.